The van der Waals surface area contributed by atoms with Crippen LogP contribution in [0, 0.1) is 5.92 Å². The van der Waals surface area contributed by atoms with Gasteiger partial charge in [-0.2, -0.15) is 8.75 Å². The predicted molar refractivity (Wildman–Crippen MR) is 85.9 cm³/mol. The summed E-state index contributed by atoms with van der Waals surface area (Å²) < 4.78 is 8.72. The molecule has 1 unspecified atom stereocenters. The SMILES string of the molecule is CC(C)NCC1CCN(c2c(Cl)ccc3nsnc23)C1. The van der Waals surface area contributed by atoms with E-state index >= 15 is 0 Å². The number of anilines is 1. The van der Waals surface area contributed by atoms with Crippen molar-refractivity contribution in [2.24, 2.45) is 5.92 Å². The summed E-state index contributed by atoms with van der Waals surface area (Å²) in [5.74, 6) is 0.676. The summed E-state index contributed by atoms with van der Waals surface area (Å²) in [5.41, 5.74) is 2.95. The summed E-state index contributed by atoms with van der Waals surface area (Å²) in [5, 5.41) is 4.30. The van der Waals surface area contributed by atoms with Crippen LogP contribution in [0.5, 0.6) is 0 Å². The summed E-state index contributed by atoms with van der Waals surface area (Å²) >= 11 is 7.65. The van der Waals surface area contributed by atoms with Crippen molar-refractivity contribution < 1.29 is 0 Å². The molecule has 2 heterocycles. The van der Waals surface area contributed by atoms with Crippen LogP contribution in [-0.4, -0.2) is 34.4 Å². The van der Waals surface area contributed by atoms with Gasteiger partial charge in [0, 0.05) is 19.1 Å². The van der Waals surface area contributed by atoms with Crippen molar-refractivity contribution in [2.75, 3.05) is 24.5 Å². The van der Waals surface area contributed by atoms with Crippen molar-refractivity contribution >= 4 is 40.0 Å². The molecule has 1 aliphatic heterocycles. The van der Waals surface area contributed by atoms with Crippen LogP contribution in [-0.2, 0) is 0 Å². The monoisotopic (exact) mass is 310 g/mol. The van der Waals surface area contributed by atoms with Crippen LogP contribution >= 0.6 is 23.3 Å². The number of hydrogen-bond acceptors (Lipinski definition) is 5. The molecule has 0 bridgehead atoms. The predicted octanol–water partition coefficient (Wildman–Crippen LogP) is 3.17. The van der Waals surface area contributed by atoms with Crippen molar-refractivity contribution in [3.8, 4) is 0 Å². The molecule has 1 atom stereocenters. The van der Waals surface area contributed by atoms with Crippen molar-refractivity contribution in [2.45, 2.75) is 26.3 Å². The summed E-state index contributed by atoms with van der Waals surface area (Å²) in [4.78, 5) is 2.36. The van der Waals surface area contributed by atoms with Gasteiger partial charge in [-0.3, -0.25) is 0 Å². The highest BCUT2D eigenvalue weighted by Crippen LogP contribution is 2.36. The molecule has 6 heteroatoms. The third kappa shape index (κ3) is 2.75. The lowest BCUT2D eigenvalue weighted by molar-refractivity contribution is 0.480. The molecule has 20 heavy (non-hydrogen) atoms. The fraction of sp³-hybridized carbons (Fsp3) is 0.571. The molecule has 0 radical (unpaired) electrons. The summed E-state index contributed by atoms with van der Waals surface area (Å²) in [6.07, 6.45) is 1.20. The number of halogens is 1. The van der Waals surface area contributed by atoms with Crippen LogP contribution < -0.4 is 10.2 Å². The molecule has 4 nitrogen and oxygen atoms in total. The number of rotatable bonds is 4. The minimum atomic E-state index is 0.541. The average Bonchev–Trinajstić information content (AvgIpc) is 3.04. The molecule has 0 amide bonds. The lowest BCUT2D eigenvalue weighted by atomic mass is 10.1. The van der Waals surface area contributed by atoms with Crippen molar-refractivity contribution in [1.82, 2.24) is 14.1 Å². The van der Waals surface area contributed by atoms with Gasteiger partial charge in [-0.15, -0.1) is 0 Å². The first-order chi connectivity index (χ1) is 9.65. The van der Waals surface area contributed by atoms with Gasteiger partial charge in [0.2, 0.25) is 0 Å². The standard InChI is InChI=1S/C14H19ClN4S/c1-9(2)16-7-10-5-6-19(8-10)14-11(15)3-4-12-13(14)18-20-17-12/h3-4,9-10,16H,5-8H2,1-2H3. The van der Waals surface area contributed by atoms with Gasteiger partial charge in [-0.05, 0) is 31.0 Å². The Labute approximate surface area is 128 Å². The third-order valence-electron chi connectivity index (χ3n) is 3.77. The molecular weight excluding hydrogens is 292 g/mol. The van der Waals surface area contributed by atoms with E-state index in [-0.39, 0.29) is 0 Å². The Morgan fingerprint density at radius 3 is 3.10 bits per heavy atom. The zero-order chi connectivity index (χ0) is 14.1. The van der Waals surface area contributed by atoms with E-state index in [1.165, 1.54) is 18.1 Å². The molecular formula is C14H19ClN4S. The highest BCUT2D eigenvalue weighted by atomic mass is 35.5. The maximum atomic E-state index is 6.39. The van der Waals surface area contributed by atoms with Gasteiger partial charge in [-0.25, -0.2) is 0 Å². The Bertz CT molecular complexity index is 598. The molecule has 3 rings (SSSR count). The molecule has 1 N–H and O–H groups in total. The molecule has 1 aromatic carbocycles. The smallest absolute Gasteiger partial charge is 0.129 e. The van der Waals surface area contributed by atoms with Gasteiger partial charge in [0.05, 0.1) is 22.4 Å². The fourth-order valence-corrected chi connectivity index (χ4v) is 3.53. The van der Waals surface area contributed by atoms with Gasteiger partial charge >= 0.3 is 0 Å². The Kier molecular flexibility index (Phi) is 4.10. The molecule has 2 aromatic rings. The van der Waals surface area contributed by atoms with E-state index in [1.807, 2.05) is 12.1 Å². The second-order valence-electron chi connectivity index (χ2n) is 5.69. The Morgan fingerprint density at radius 2 is 2.30 bits per heavy atom. The summed E-state index contributed by atoms with van der Waals surface area (Å²) in [6.45, 7) is 7.52. The number of fused-ring (bicyclic) bond motifs is 1. The second kappa shape index (κ2) is 5.84. The van der Waals surface area contributed by atoms with Crippen molar-refractivity contribution in [1.29, 1.82) is 0 Å². The van der Waals surface area contributed by atoms with Crippen LogP contribution in [0.4, 0.5) is 5.69 Å². The van der Waals surface area contributed by atoms with Crippen LogP contribution in [0.2, 0.25) is 5.02 Å². The number of benzene rings is 1. The normalized spacial score (nSPS) is 19.4. The van der Waals surface area contributed by atoms with E-state index < -0.39 is 0 Å². The molecule has 1 fully saturated rings. The summed E-state index contributed by atoms with van der Waals surface area (Å²) in [7, 11) is 0. The Morgan fingerprint density at radius 1 is 1.45 bits per heavy atom. The lowest BCUT2D eigenvalue weighted by Crippen LogP contribution is -2.30. The molecule has 1 aromatic heterocycles. The number of nitrogens with zero attached hydrogens (tertiary/aromatic N) is 3. The van der Waals surface area contributed by atoms with E-state index in [0.29, 0.717) is 12.0 Å². The van der Waals surface area contributed by atoms with Crippen LogP contribution in [0.3, 0.4) is 0 Å². The van der Waals surface area contributed by atoms with E-state index in [9.17, 15) is 0 Å². The summed E-state index contributed by atoms with van der Waals surface area (Å²) in [6, 6.07) is 4.41. The van der Waals surface area contributed by atoms with Gasteiger partial charge in [0.15, 0.2) is 0 Å². The molecule has 0 spiro atoms. The zero-order valence-electron chi connectivity index (χ0n) is 11.8. The molecule has 1 aliphatic rings. The van der Waals surface area contributed by atoms with Crippen LogP contribution in [0.1, 0.15) is 20.3 Å². The highest BCUT2D eigenvalue weighted by molar-refractivity contribution is 7.00. The Balaban J connectivity index is 1.79. The average molecular weight is 311 g/mol. The first-order valence-corrected chi connectivity index (χ1v) is 8.15. The minimum absolute atomic E-state index is 0.541. The topological polar surface area (TPSA) is 41.0 Å². The molecule has 108 valence electrons. The largest absolute Gasteiger partial charge is 0.368 e. The third-order valence-corrected chi connectivity index (χ3v) is 4.62. The maximum absolute atomic E-state index is 6.39. The van der Waals surface area contributed by atoms with E-state index in [4.69, 9.17) is 11.6 Å². The highest BCUT2D eigenvalue weighted by Gasteiger charge is 2.26. The van der Waals surface area contributed by atoms with Gasteiger partial charge < -0.3 is 10.2 Å². The van der Waals surface area contributed by atoms with E-state index in [2.05, 4.69) is 32.8 Å². The molecule has 0 aliphatic carbocycles. The molecule has 0 saturated carbocycles. The van der Waals surface area contributed by atoms with Crippen molar-refractivity contribution in [3.05, 3.63) is 17.2 Å². The maximum Gasteiger partial charge on any atom is 0.129 e. The second-order valence-corrected chi connectivity index (χ2v) is 6.63. The lowest BCUT2D eigenvalue weighted by Gasteiger charge is -2.20. The first kappa shape index (κ1) is 14.0. The van der Waals surface area contributed by atoms with Crippen molar-refractivity contribution in [3.63, 3.8) is 0 Å². The zero-order valence-corrected chi connectivity index (χ0v) is 13.3. The quantitative estimate of drug-likeness (QED) is 0.942. The fourth-order valence-electron chi connectivity index (χ4n) is 2.72. The number of aromatic nitrogens is 2. The molecule has 1 saturated heterocycles. The number of hydrogen-bond donors (Lipinski definition) is 1. The van der Waals surface area contributed by atoms with Gasteiger partial charge in [-0.1, -0.05) is 25.4 Å². The van der Waals surface area contributed by atoms with Gasteiger partial charge in [0.25, 0.3) is 0 Å². The van der Waals surface area contributed by atoms with E-state index in [0.717, 1.165) is 41.4 Å². The Hall–Kier alpha value is -0.910. The van der Waals surface area contributed by atoms with E-state index in [1.54, 1.807) is 0 Å². The van der Waals surface area contributed by atoms with Crippen LogP contribution in [0.25, 0.3) is 11.0 Å². The van der Waals surface area contributed by atoms with Gasteiger partial charge in [0.1, 0.15) is 11.0 Å². The van der Waals surface area contributed by atoms with Crippen LogP contribution in [0.15, 0.2) is 12.1 Å². The number of nitrogens with one attached hydrogen (secondary N) is 1. The first-order valence-electron chi connectivity index (χ1n) is 7.04. The minimum Gasteiger partial charge on any atom is -0.368 e.